The maximum Gasteiger partial charge on any atom is 0.242 e. The highest BCUT2D eigenvalue weighted by Crippen LogP contribution is 2.11. The highest BCUT2D eigenvalue weighted by Gasteiger charge is 2.23. The first kappa shape index (κ1) is 13.0. The summed E-state index contributed by atoms with van der Waals surface area (Å²) in [4.78, 5) is 18.5. The van der Waals surface area contributed by atoms with Crippen LogP contribution in [0.5, 0.6) is 0 Å². The van der Waals surface area contributed by atoms with Gasteiger partial charge in [-0.1, -0.05) is 6.07 Å². The molecule has 0 radical (unpaired) electrons. The molecule has 1 aliphatic rings. The summed E-state index contributed by atoms with van der Waals surface area (Å²) in [6.07, 6.45) is 1.69. The number of aromatic nitrogens is 1. The van der Waals surface area contributed by atoms with Crippen LogP contribution in [-0.4, -0.2) is 48.0 Å². The number of amides is 1. The molecule has 1 saturated heterocycles. The van der Waals surface area contributed by atoms with Crippen molar-refractivity contribution in [3.8, 4) is 0 Å². The van der Waals surface area contributed by atoms with Gasteiger partial charge in [-0.3, -0.25) is 9.69 Å². The third kappa shape index (κ3) is 3.05. The van der Waals surface area contributed by atoms with Gasteiger partial charge in [-0.05, 0) is 25.5 Å². The van der Waals surface area contributed by atoms with Gasteiger partial charge < -0.3 is 10.6 Å². The van der Waals surface area contributed by atoms with Gasteiger partial charge in [0.15, 0.2) is 0 Å². The molecule has 0 aromatic carbocycles. The fourth-order valence-corrected chi connectivity index (χ4v) is 2.07. The van der Waals surface area contributed by atoms with Gasteiger partial charge in [0.05, 0.1) is 6.04 Å². The van der Waals surface area contributed by atoms with E-state index in [2.05, 4.69) is 20.5 Å². The van der Waals surface area contributed by atoms with Gasteiger partial charge in [0.2, 0.25) is 5.91 Å². The van der Waals surface area contributed by atoms with E-state index in [1.807, 2.05) is 26.0 Å². The Bertz CT molecular complexity index is 415. The Morgan fingerprint density at radius 1 is 1.50 bits per heavy atom. The van der Waals surface area contributed by atoms with Gasteiger partial charge in [-0.25, -0.2) is 4.98 Å². The van der Waals surface area contributed by atoms with Crippen LogP contribution < -0.4 is 10.6 Å². The Morgan fingerprint density at radius 3 is 2.89 bits per heavy atom. The van der Waals surface area contributed by atoms with Crippen molar-refractivity contribution in [2.75, 3.05) is 31.5 Å². The lowest BCUT2D eigenvalue weighted by Gasteiger charge is -2.31. The Kier molecular flexibility index (Phi) is 4.28. The molecule has 1 aromatic rings. The molecule has 1 amide bonds. The molecule has 2 N–H and O–H groups in total. The van der Waals surface area contributed by atoms with Gasteiger partial charge in [0, 0.05) is 32.4 Å². The number of hydrogen-bond donors (Lipinski definition) is 2. The number of piperazine rings is 1. The van der Waals surface area contributed by atoms with Crippen molar-refractivity contribution in [2.24, 2.45) is 0 Å². The van der Waals surface area contributed by atoms with Gasteiger partial charge in [0.1, 0.15) is 5.82 Å². The van der Waals surface area contributed by atoms with Crippen LogP contribution in [0.4, 0.5) is 5.82 Å². The molecule has 1 aliphatic heterocycles. The van der Waals surface area contributed by atoms with Crippen LogP contribution in [0.15, 0.2) is 18.3 Å². The minimum atomic E-state index is -0.117. The number of pyridine rings is 1. The van der Waals surface area contributed by atoms with Crippen LogP contribution in [0.3, 0.4) is 0 Å². The smallest absolute Gasteiger partial charge is 0.242 e. The first-order valence-corrected chi connectivity index (χ1v) is 6.36. The second-order valence-electron chi connectivity index (χ2n) is 4.62. The number of anilines is 1. The predicted molar refractivity (Wildman–Crippen MR) is 71.5 cm³/mol. The molecule has 5 nitrogen and oxygen atoms in total. The molecule has 1 fully saturated rings. The number of hydrogen-bond acceptors (Lipinski definition) is 4. The van der Waals surface area contributed by atoms with Crippen LogP contribution in [-0.2, 0) is 4.79 Å². The lowest BCUT2D eigenvalue weighted by molar-refractivity contribution is -0.121. The third-order valence-electron chi connectivity index (χ3n) is 3.33. The molecule has 98 valence electrons. The van der Waals surface area contributed by atoms with Gasteiger partial charge in [-0.2, -0.15) is 0 Å². The summed E-state index contributed by atoms with van der Waals surface area (Å²) in [5.41, 5.74) is 0.985. The van der Waals surface area contributed by atoms with Crippen LogP contribution in [0, 0.1) is 6.92 Å². The second kappa shape index (κ2) is 5.93. The average Bonchev–Trinajstić information content (AvgIpc) is 2.41. The number of aryl methyl sites for hydroxylation is 1. The van der Waals surface area contributed by atoms with Crippen molar-refractivity contribution in [3.05, 3.63) is 23.9 Å². The summed E-state index contributed by atoms with van der Waals surface area (Å²) < 4.78 is 0. The summed E-state index contributed by atoms with van der Waals surface area (Å²) in [5.74, 6) is 0.670. The maximum absolute atomic E-state index is 12.2. The van der Waals surface area contributed by atoms with E-state index in [9.17, 15) is 4.79 Å². The summed E-state index contributed by atoms with van der Waals surface area (Å²) in [6.45, 7) is 7.60. The summed E-state index contributed by atoms with van der Waals surface area (Å²) in [5, 5.41) is 6.18. The van der Waals surface area contributed by atoms with Crippen molar-refractivity contribution in [1.82, 2.24) is 15.2 Å². The first-order valence-electron chi connectivity index (χ1n) is 6.36. The zero-order valence-corrected chi connectivity index (χ0v) is 10.9. The quantitative estimate of drug-likeness (QED) is 0.823. The fraction of sp³-hybridized carbons (Fsp3) is 0.538. The van der Waals surface area contributed by atoms with E-state index in [-0.39, 0.29) is 11.9 Å². The maximum atomic E-state index is 12.2. The topological polar surface area (TPSA) is 57.3 Å². The molecule has 1 aromatic heterocycles. The van der Waals surface area contributed by atoms with E-state index < -0.39 is 0 Å². The van der Waals surface area contributed by atoms with Gasteiger partial charge >= 0.3 is 0 Å². The van der Waals surface area contributed by atoms with Crippen molar-refractivity contribution in [3.63, 3.8) is 0 Å². The van der Waals surface area contributed by atoms with Crippen molar-refractivity contribution in [1.29, 1.82) is 0 Å². The molecular weight excluding hydrogens is 228 g/mol. The van der Waals surface area contributed by atoms with E-state index in [1.54, 1.807) is 6.20 Å². The van der Waals surface area contributed by atoms with E-state index in [0.717, 1.165) is 31.7 Å². The molecule has 2 heterocycles. The number of carbonyl (C=O) groups is 1. The van der Waals surface area contributed by atoms with Gasteiger partial charge in [-0.15, -0.1) is 0 Å². The molecule has 0 aliphatic carbocycles. The molecular formula is C13H20N4O. The van der Waals surface area contributed by atoms with E-state index in [1.165, 1.54) is 0 Å². The largest absolute Gasteiger partial charge is 0.314 e. The Hall–Kier alpha value is -1.46. The zero-order chi connectivity index (χ0) is 13.0. The lowest BCUT2D eigenvalue weighted by atomic mass is 10.2. The summed E-state index contributed by atoms with van der Waals surface area (Å²) in [6, 6.07) is 3.69. The molecule has 18 heavy (non-hydrogen) atoms. The standard InChI is InChI=1S/C13H20N4O/c1-10-4-3-5-15-12(10)16-13(18)11(2)17-8-6-14-7-9-17/h3-5,11,14H,6-9H2,1-2H3,(H,15,16,18). The van der Waals surface area contributed by atoms with E-state index >= 15 is 0 Å². The van der Waals surface area contributed by atoms with Crippen LogP contribution in [0.25, 0.3) is 0 Å². The first-order chi connectivity index (χ1) is 8.68. The highest BCUT2D eigenvalue weighted by atomic mass is 16.2. The molecule has 0 bridgehead atoms. The molecule has 0 spiro atoms. The van der Waals surface area contributed by atoms with Crippen LogP contribution in [0.1, 0.15) is 12.5 Å². The summed E-state index contributed by atoms with van der Waals surface area (Å²) in [7, 11) is 0. The van der Waals surface area contributed by atoms with E-state index in [0.29, 0.717) is 5.82 Å². The number of nitrogens with zero attached hydrogens (tertiary/aromatic N) is 2. The minimum Gasteiger partial charge on any atom is -0.314 e. The summed E-state index contributed by atoms with van der Waals surface area (Å²) >= 11 is 0. The van der Waals surface area contributed by atoms with Gasteiger partial charge in [0.25, 0.3) is 0 Å². The molecule has 1 atom stereocenters. The highest BCUT2D eigenvalue weighted by molar-refractivity contribution is 5.94. The van der Waals surface area contributed by atoms with E-state index in [4.69, 9.17) is 0 Å². The monoisotopic (exact) mass is 248 g/mol. The number of nitrogens with one attached hydrogen (secondary N) is 2. The molecule has 5 heteroatoms. The fourth-order valence-electron chi connectivity index (χ4n) is 2.07. The van der Waals surface area contributed by atoms with Crippen LogP contribution in [0.2, 0.25) is 0 Å². The molecule has 2 rings (SSSR count). The third-order valence-corrected chi connectivity index (χ3v) is 3.33. The number of rotatable bonds is 3. The minimum absolute atomic E-state index is 0.0127. The SMILES string of the molecule is Cc1cccnc1NC(=O)C(C)N1CCNCC1. The van der Waals surface area contributed by atoms with Crippen LogP contribution >= 0.6 is 0 Å². The second-order valence-corrected chi connectivity index (χ2v) is 4.62. The Morgan fingerprint density at radius 2 is 2.22 bits per heavy atom. The average molecular weight is 248 g/mol. The molecule has 1 unspecified atom stereocenters. The van der Waals surface area contributed by atoms with Crippen molar-refractivity contribution < 1.29 is 4.79 Å². The number of carbonyl (C=O) groups excluding carboxylic acids is 1. The lowest BCUT2D eigenvalue weighted by Crippen LogP contribution is -2.51. The zero-order valence-electron chi connectivity index (χ0n) is 10.9. The Labute approximate surface area is 108 Å². The van der Waals surface area contributed by atoms with Crippen molar-refractivity contribution in [2.45, 2.75) is 19.9 Å². The molecule has 0 saturated carbocycles. The Balaban J connectivity index is 1.97. The normalized spacial score (nSPS) is 18.3. The van der Waals surface area contributed by atoms with Crippen molar-refractivity contribution >= 4 is 11.7 Å². The predicted octanol–water partition coefficient (Wildman–Crippen LogP) is 0.622.